The highest BCUT2D eigenvalue weighted by Crippen LogP contribution is 2.33. The monoisotopic (exact) mass is 314 g/mol. The Hall–Kier alpha value is -1.60. The Morgan fingerprint density at radius 3 is 1.91 bits per heavy atom. The molecule has 0 heterocycles. The minimum absolute atomic E-state index is 0.361. The fourth-order valence-electron chi connectivity index (χ4n) is 3.01. The highest BCUT2D eigenvalue weighted by molar-refractivity contribution is 6.62. The number of hydrogen-bond donors (Lipinski definition) is 0. The Morgan fingerprint density at radius 1 is 0.864 bits per heavy atom. The van der Waals surface area contributed by atoms with E-state index in [9.17, 15) is 4.79 Å². The third kappa shape index (κ3) is 5.31. The van der Waals surface area contributed by atoms with E-state index in [1.807, 2.05) is 0 Å². The lowest BCUT2D eigenvalue weighted by molar-refractivity contribution is -0.109. The molecule has 116 valence electrons. The van der Waals surface area contributed by atoms with E-state index in [1.165, 1.54) is 55.7 Å². The van der Waals surface area contributed by atoms with E-state index in [1.54, 1.807) is 0 Å². The average Bonchev–Trinajstić information content (AvgIpc) is 2.56. The molecule has 1 saturated carbocycles. The predicted molar refractivity (Wildman–Crippen MR) is 94.2 cm³/mol. The van der Waals surface area contributed by atoms with Gasteiger partial charge in [0.05, 0.1) is 0 Å². The summed E-state index contributed by atoms with van der Waals surface area (Å²) in [5.41, 5.74) is 4.18. The first-order valence-corrected chi connectivity index (χ1v) is 8.36. The molecule has 2 aromatic rings. The van der Waals surface area contributed by atoms with Crippen LogP contribution in [0.2, 0.25) is 0 Å². The van der Waals surface area contributed by atoms with Gasteiger partial charge in [0, 0.05) is 6.92 Å². The van der Waals surface area contributed by atoms with Crippen LogP contribution >= 0.6 is 11.6 Å². The average molecular weight is 315 g/mol. The van der Waals surface area contributed by atoms with E-state index in [0.717, 1.165) is 5.92 Å². The third-order valence-corrected chi connectivity index (χ3v) is 4.09. The number of carbonyl (C=O) groups excluding carboxylic acids is 1. The zero-order valence-corrected chi connectivity index (χ0v) is 13.9. The highest BCUT2D eigenvalue weighted by atomic mass is 35.5. The van der Waals surface area contributed by atoms with Gasteiger partial charge in [-0.3, -0.25) is 4.79 Å². The molecular weight excluding hydrogens is 292 g/mol. The van der Waals surface area contributed by atoms with E-state index in [-0.39, 0.29) is 5.24 Å². The Labute approximate surface area is 138 Å². The predicted octanol–water partition coefficient (Wildman–Crippen LogP) is 6.17. The van der Waals surface area contributed by atoms with Gasteiger partial charge in [-0.15, -0.1) is 0 Å². The lowest BCUT2D eigenvalue weighted by Gasteiger charge is -2.22. The van der Waals surface area contributed by atoms with Crippen molar-refractivity contribution < 1.29 is 4.79 Å². The lowest BCUT2D eigenvalue weighted by Crippen LogP contribution is -2.04. The van der Waals surface area contributed by atoms with Gasteiger partial charge in [-0.25, -0.2) is 0 Å². The van der Waals surface area contributed by atoms with E-state index in [2.05, 4.69) is 66.2 Å². The van der Waals surface area contributed by atoms with Crippen LogP contribution in [0.1, 0.15) is 50.5 Å². The summed E-state index contributed by atoms with van der Waals surface area (Å²) in [6.07, 6.45) is 7.00. The van der Waals surface area contributed by atoms with Crippen molar-refractivity contribution in [3.63, 3.8) is 0 Å². The van der Waals surface area contributed by atoms with E-state index >= 15 is 0 Å². The van der Waals surface area contributed by atoms with Gasteiger partial charge in [-0.05, 0) is 47.1 Å². The number of rotatable bonds is 2. The summed E-state index contributed by atoms with van der Waals surface area (Å²) in [7, 11) is 0. The first-order valence-electron chi connectivity index (χ1n) is 7.98. The summed E-state index contributed by atoms with van der Waals surface area (Å²) < 4.78 is 0. The van der Waals surface area contributed by atoms with Crippen LogP contribution in [0.4, 0.5) is 0 Å². The Bertz CT molecular complexity index is 564. The molecule has 22 heavy (non-hydrogen) atoms. The van der Waals surface area contributed by atoms with Crippen molar-refractivity contribution in [2.24, 2.45) is 0 Å². The summed E-state index contributed by atoms with van der Waals surface area (Å²) in [6.45, 7) is 1.29. The first kappa shape index (κ1) is 16.8. The normalized spacial score (nSPS) is 14.8. The topological polar surface area (TPSA) is 17.1 Å². The molecule has 0 atom stereocenters. The standard InChI is InChI=1S/C18H20.C2H3ClO/c1-3-7-15(8-4-1)17-11-13-18(14-12-17)16-9-5-2-6-10-16;1-2(3)4/h1,3-4,7-8,11-14,16H,2,5-6,9-10H2;1H3. The summed E-state index contributed by atoms with van der Waals surface area (Å²) in [5.74, 6) is 0.809. The molecule has 0 spiro atoms. The van der Waals surface area contributed by atoms with Crippen LogP contribution in [0.3, 0.4) is 0 Å². The van der Waals surface area contributed by atoms with Crippen molar-refractivity contribution in [3.05, 3.63) is 60.2 Å². The molecule has 0 saturated heterocycles. The second-order valence-corrected chi connectivity index (χ2v) is 6.33. The van der Waals surface area contributed by atoms with Crippen molar-refractivity contribution >= 4 is 16.8 Å². The molecule has 0 amide bonds. The summed E-state index contributed by atoms with van der Waals surface area (Å²) in [4.78, 5) is 9.21. The van der Waals surface area contributed by atoms with Crippen LogP contribution < -0.4 is 0 Å². The molecule has 3 rings (SSSR count). The smallest absolute Gasteiger partial charge is 0.218 e. The van der Waals surface area contributed by atoms with Gasteiger partial charge in [0.15, 0.2) is 0 Å². The maximum absolute atomic E-state index is 9.21. The van der Waals surface area contributed by atoms with Crippen LogP contribution in [0.25, 0.3) is 11.1 Å². The number of halogens is 1. The molecular formula is C20H23ClO. The minimum atomic E-state index is -0.361. The second-order valence-electron chi connectivity index (χ2n) is 5.79. The molecule has 1 fully saturated rings. The maximum atomic E-state index is 9.21. The van der Waals surface area contributed by atoms with Gasteiger partial charge in [-0.2, -0.15) is 0 Å². The van der Waals surface area contributed by atoms with Gasteiger partial charge in [0.2, 0.25) is 5.24 Å². The number of hydrogen-bond acceptors (Lipinski definition) is 1. The third-order valence-electron chi connectivity index (χ3n) is 4.09. The van der Waals surface area contributed by atoms with Crippen LogP contribution in [-0.4, -0.2) is 5.24 Å². The highest BCUT2D eigenvalue weighted by Gasteiger charge is 2.15. The van der Waals surface area contributed by atoms with Crippen molar-refractivity contribution in [2.45, 2.75) is 44.9 Å². The number of benzene rings is 2. The molecule has 1 nitrogen and oxygen atoms in total. The lowest BCUT2D eigenvalue weighted by atomic mass is 9.84. The van der Waals surface area contributed by atoms with E-state index in [4.69, 9.17) is 0 Å². The SMILES string of the molecule is CC(=O)Cl.c1ccc(-c2ccc(C3CCCCC3)cc2)cc1. The minimum Gasteiger partial charge on any atom is -0.282 e. The summed E-state index contributed by atoms with van der Waals surface area (Å²) >= 11 is 4.64. The van der Waals surface area contributed by atoms with Crippen LogP contribution in [0.15, 0.2) is 54.6 Å². The van der Waals surface area contributed by atoms with E-state index < -0.39 is 0 Å². The fraction of sp³-hybridized carbons (Fsp3) is 0.350. The van der Waals surface area contributed by atoms with Crippen LogP contribution in [-0.2, 0) is 4.79 Å². The molecule has 2 aromatic carbocycles. The van der Waals surface area contributed by atoms with Gasteiger partial charge in [-0.1, -0.05) is 73.9 Å². The molecule has 0 unspecified atom stereocenters. The molecule has 0 bridgehead atoms. The number of carbonyl (C=O) groups is 1. The molecule has 0 radical (unpaired) electrons. The van der Waals surface area contributed by atoms with Crippen molar-refractivity contribution in [2.75, 3.05) is 0 Å². The molecule has 1 aliphatic carbocycles. The maximum Gasteiger partial charge on any atom is 0.218 e. The molecule has 0 N–H and O–H groups in total. The quantitative estimate of drug-likeness (QED) is 0.605. The largest absolute Gasteiger partial charge is 0.282 e. The van der Waals surface area contributed by atoms with Gasteiger partial charge in [0.1, 0.15) is 0 Å². The summed E-state index contributed by atoms with van der Waals surface area (Å²) in [5, 5.41) is -0.361. The Kier molecular flexibility index (Phi) is 6.67. The van der Waals surface area contributed by atoms with Crippen molar-refractivity contribution in [1.82, 2.24) is 0 Å². The van der Waals surface area contributed by atoms with Crippen LogP contribution in [0, 0.1) is 0 Å². The van der Waals surface area contributed by atoms with Crippen molar-refractivity contribution in [1.29, 1.82) is 0 Å². The van der Waals surface area contributed by atoms with E-state index in [0.29, 0.717) is 0 Å². The Morgan fingerprint density at radius 2 is 1.36 bits per heavy atom. The molecule has 0 aromatic heterocycles. The molecule has 1 aliphatic rings. The van der Waals surface area contributed by atoms with Crippen LogP contribution in [0.5, 0.6) is 0 Å². The second kappa shape index (κ2) is 8.75. The van der Waals surface area contributed by atoms with Gasteiger partial charge in [0.25, 0.3) is 0 Å². The Balaban J connectivity index is 0.000000396. The van der Waals surface area contributed by atoms with Gasteiger partial charge < -0.3 is 0 Å². The van der Waals surface area contributed by atoms with Gasteiger partial charge >= 0.3 is 0 Å². The van der Waals surface area contributed by atoms with Crippen molar-refractivity contribution in [3.8, 4) is 11.1 Å². The molecule has 0 aliphatic heterocycles. The summed E-state index contributed by atoms with van der Waals surface area (Å²) in [6, 6.07) is 19.8. The fourth-order valence-corrected chi connectivity index (χ4v) is 3.01. The first-order chi connectivity index (χ1) is 10.7. The zero-order valence-electron chi connectivity index (χ0n) is 13.1. The molecule has 2 heteroatoms. The zero-order chi connectivity index (χ0) is 15.8.